The molecule has 0 unspecified atom stereocenters. The second-order valence-corrected chi connectivity index (χ2v) is 9.04. The molecular formula is C26H30F3N3O4. The molecule has 36 heavy (non-hydrogen) atoms. The van der Waals surface area contributed by atoms with Crippen LogP contribution in [0, 0.1) is 12.7 Å². The lowest BCUT2D eigenvalue weighted by Gasteiger charge is -2.22. The molecule has 3 aromatic rings. The molecule has 1 aromatic heterocycles. The van der Waals surface area contributed by atoms with Crippen molar-refractivity contribution in [1.82, 2.24) is 9.97 Å². The molecule has 0 spiro atoms. The van der Waals surface area contributed by atoms with Crippen molar-refractivity contribution in [1.29, 1.82) is 0 Å². The van der Waals surface area contributed by atoms with Gasteiger partial charge in [0.1, 0.15) is 30.2 Å². The molecule has 10 heteroatoms. The second-order valence-electron chi connectivity index (χ2n) is 9.04. The lowest BCUT2D eigenvalue weighted by molar-refractivity contribution is -0.0583. The number of hydrogen-bond acceptors (Lipinski definition) is 7. The van der Waals surface area contributed by atoms with E-state index in [-0.39, 0.29) is 11.7 Å². The van der Waals surface area contributed by atoms with Crippen molar-refractivity contribution in [3.8, 4) is 11.5 Å². The first kappa shape index (κ1) is 26.0. The van der Waals surface area contributed by atoms with Gasteiger partial charge in [0, 0.05) is 17.0 Å². The van der Waals surface area contributed by atoms with Crippen molar-refractivity contribution >= 4 is 16.7 Å². The van der Waals surface area contributed by atoms with Crippen molar-refractivity contribution in [2.24, 2.45) is 0 Å². The first-order chi connectivity index (χ1) is 17.1. The third kappa shape index (κ3) is 5.65. The minimum atomic E-state index is -3.69. The van der Waals surface area contributed by atoms with Crippen LogP contribution in [0.15, 0.2) is 30.3 Å². The number of nitrogens with one attached hydrogen (secondary N) is 1. The van der Waals surface area contributed by atoms with E-state index in [1.807, 2.05) is 6.92 Å². The summed E-state index contributed by atoms with van der Waals surface area (Å²) in [4.78, 5) is 8.95. The van der Waals surface area contributed by atoms with Crippen molar-refractivity contribution in [3.05, 3.63) is 53.1 Å². The van der Waals surface area contributed by atoms with E-state index in [1.54, 1.807) is 26.0 Å². The summed E-state index contributed by atoms with van der Waals surface area (Å²) in [5, 5.41) is 12.7. The molecule has 1 heterocycles. The minimum Gasteiger partial charge on any atom is -0.493 e. The van der Waals surface area contributed by atoms with Gasteiger partial charge >= 0.3 is 0 Å². The van der Waals surface area contributed by atoms with Crippen LogP contribution >= 0.6 is 0 Å². The number of nitrogens with zero attached hydrogens (tertiary/aromatic N) is 2. The van der Waals surface area contributed by atoms with Gasteiger partial charge in [0.15, 0.2) is 11.5 Å². The van der Waals surface area contributed by atoms with Crippen LogP contribution in [-0.2, 0) is 10.7 Å². The smallest absolute Gasteiger partial charge is 0.298 e. The maximum atomic E-state index is 15.0. The van der Waals surface area contributed by atoms with Gasteiger partial charge in [-0.2, -0.15) is 8.78 Å². The van der Waals surface area contributed by atoms with Gasteiger partial charge in [-0.05, 0) is 45.7 Å². The number of halogens is 3. The van der Waals surface area contributed by atoms with Gasteiger partial charge in [0.25, 0.3) is 5.92 Å². The van der Waals surface area contributed by atoms with Crippen LogP contribution in [-0.4, -0.2) is 47.6 Å². The standard InChI is InChI=1S/C26H30F3N3O4/c1-14(12-35-17-8-9-17)36-23-10-19-21(11-22(23)34-4)31-16(3)32-25(19)30-15(2)18-6-5-7-20(24(18)27)26(28,29)13-33/h5-7,10-11,14-15,17,33H,8-9,12-13H2,1-4H3,(H,30,31,32)/t14-,15-/m1/s1. The van der Waals surface area contributed by atoms with Gasteiger partial charge in [-0.3, -0.25) is 0 Å². The van der Waals surface area contributed by atoms with E-state index in [9.17, 15) is 8.78 Å². The Morgan fingerprint density at radius 2 is 1.92 bits per heavy atom. The fourth-order valence-corrected chi connectivity index (χ4v) is 3.91. The third-order valence-corrected chi connectivity index (χ3v) is 5.95. The number of methoxy groups -OCH3 is 1. The second kappa shape index (κ2) is 10.5. The summed E-state index contributed by atoms with van der Waals surface area (Å²) >= 11 is 0. The van der Waals surface area contributed by atoms with E-state index in [0.29, 0.717) is 46.8 Å². The Bertz CT molecular complexity index is 1240. The van der Waals surface area contributed by atoms with E-state index in [2.05, 4.69) is 15.3 Å². The Kier molecular flexibility index (Phi) is 7.56. The molecule has 1 fully saturated rings. The van der Waals surface area contributed by atoms with Crippen LogP contribution < -0.4 is 14.8 Å². The van der Waals surface area contributed by atoms with E-state index in [4.69, 9.17) is 19.3 Å². The summed E-state index contributed by atoms with van der Waals surface area (Å²) in [6.45, 7) is 4.20. The first-order valence-electron chi connectivity index (χ1n) is 11.8. The molecule has 0 amide bonds. The van der Waals surface area contributed by atoms with E-state index in [1.165, 1.54) is 19.2 Å². The van der Waals surface area contributed by atoms with Crippen LogP contribution in [0.2, 0.25) is 0 Å². The van der Waals surface area contributed by atoms with Crippen molar-refractivity contribution in [3.63, 3.8) is 0 Å². The van der Waals surface area contributed by atoms with Gasteiger partial charge < -0.3 is 24.6 Å². The van der Waals surface area contributed by atoms with Crippen LogP contribution in [0.5, 0.6) is 11.5 Å². The number of fused-ring (bicyclic) bond motifs is 1. The maximum Gasteiger partial charge on any atom is 0.298 e. The van der Waals surface area contributed by atoms with Crippen molar-refractivity contribution in [2.45, 2.75) is 57.8 Å². The average Bonchev–Trinajstić information content (AvgIpc) is 3.67. The number of anilines is 1. The fraction of sp³-hybridized carbons (Fsp3) is 0.462. The Balaban J connectivity index is 1.66. The third-order valence-electron chi connectivity index (χ3n) is 5.95. The molecule has 0 aliphatic heterocycles. The molecule has 1 aliphatic rings. The van der Waals surface area contributed by atoms with Gasteiger partial charge in [-0.25, -0.2) is 14.4 Å². The normalized spacial score (nSPS) is 15.6. The van der Waals surface area contributed by atoms with Gasteiger partial charge in [-0.15, -0.1) is 0 Å². The zero-order valence-electron chi connectivity index (χ0n) is 20.6. The summed E-state index contributed by atoms with van der Waals surface area (Å²) in [5.74, 6) is -2.97. The SMILES string of the molecule is COc1cc2nc(C)nc(N[C@H](C)c3cccc(C(F)(F)CO)c3F)c2cc1O[C@H](C)COC1CC1. The van der Waals surface area contributed by atoms with Crippen LogP contribution in [0.4, 0.5) is 19.0 Å². The molecule has 1 saturated carbocycles. The molecule has 2 N–H and O–H groups in total. The molecule has 0 bridgehead atoms. The summed E-state index contributed by atoms with van der Waals surface area (Å²) in [6, 6.07) is 6.46. The maximum absolute atomic E-state index is 15.0. The number of benzene rings is 2. The number of aliphatic hydroxyl groups excluding tert-OH is 1. The molecule has 2 atom stereocenters. The van der Waals surface area contributed by atoms with Crippen molar-refractivity contribution < 1.29 is 32.5 Å². The number of aliphatic hydroxyl groups is 1. The van der Waals surface area contributed by atoms with Gasteiger partial charge in [-0.1, -0.05) is 12.1 Å². The lowest BCUT2D eigenvalue weighted by Crippen LogP contribution is -2.22. The topological polar surface area (TPSA) is 85.7 Å². The molecule has 7 nitrogen and oxygen atoms in total. The largest absolute Gasteiger partial charge is 0.493 e. The molecular weight excluding hydrogens is 475 g/mol. The molecule has 0 radical (unpaired) electrons. The van der Waals surface area contributed by atoms with E-state index in [0.717, 1.165) is 18.9 Å². The quantitative estimate of drug-likeness (QED) is 0.366. The summed E-state index contributed by atoms with van der Waals surface area (Å²) in [7, 11) is 1.53. The zero-order valence-corrected chi connectivity index (χ0v) is 20.6. The van der Waals surface area contributed by atoms with Crippen molar-refractivity contribution in [2.75, 3.05) is 25.6 Å². The van der Waals surface area contributed by atoms with E-state index >= 15 is 4.39 Å². The minimum absolute atomic E-state index is 0.0147. The van der Waals surface area contributed by atoms with Crippen LogP contribution in [0.25, 0.3) is 10.9 Å². The Hall–Kier alpha value is -3.11. The summed E-state index contributed by atoms with van der Waals surface area (Å²) < 4.78 is 60.4. The number of aryl methyl sites for hydroxylation is 1. The predicted octanol–water partition coefficient (Wildman–Crippen LogP) is 5.29. The number of rotatable bonds is 11. The Morgan fingerprint density at radius 1 is 1.17 bits per heavy atom. The first-order valence-corrected chi connectivity index (χ1v) is 11.8. The zero-order chi connectivity index (χ0) is 26.0. The number of alkyl halides is 2. The monoisotopic (exact) mass is 505 g/mol. The fourth-order valence-electron chi connectivity index (χ4n) is 3.91. The highest BCUT2D eigenvalue weighted by Gasteiger charge is 2.35. The number of aromatic nitrogens is 2. The highest BCUT2D eigenvalue weighted by molar-refractivity contribution is 5.92. The Morgan fingerprint density at radius 3 is 2.58 bits per heavy atom. The van der Waals surface area contributed by atoms with Crippen LogP contribution in [0.3, 0.4) is 0 Å². The lowest BCUT2D eigenvalue weighted by atomic mass is 10.00. The van der Waals surface area contributed by atoms with Crippen LogP contribution in [0.1, 0.15) is 49.7 Å². The molecule has 2 aromatic carbocycles. The Labute approximate surface area is 207 Å². The number of ether oxygens (including phenoxy) is 3. The molecule has 4 rings (SSSR count). The molecule has 1 aliphatic carbocycles. The average molecular weight is 506 g/mol. The van der Waals surface area contributed by atoms with Gasteiger partial charge in [0.2, 0.25) is 0 Å². The highest BCUT2D eigenvalue weighted by Crippen LogP contribution is 2.37. The summed E-state index contributed by atoms with van der Waals surface area (Å²) in [6.07, 6.45) is 2.21. The summed E-state index contributed by atoms with van der Waals surface area (Å²) in [5.41, 5.74) is -0.270. The highest BCUT2D eigenvalue weighted by atomic mass is 19.3. The predicted molar refractivity (Wildman–Crippen MR) is 129 cm³/mol. The number of hydrogen-bond donors (Lipinski definition) is 2. The van der Waals surface area contributed by atoms with E-state index < -0.39 is 30.0 Å². The van der Waals surface area contributed by atoms with Gasteiger partial charge in [0.05, 0.1) is 36.9 Å². The molecule has 0 saturated heterocycles. The molecule has 194 valence electrons.